The molecule has 0 aromatic carbocycles. The lowest BCUT2D eigenvalue weighted by molar-refractivity contribution is 0.155. The van der Waals surface area contributed by atoms with Crippen LogP contribution in [0.15, 0.2) is 16.9 Å². The summed E-state index contributed by atoms with van der Waals surface area (Å²) in [5, 5.41) is 3.90. The lowest BCUT2D eigenvalue weighted by Crippen LogP contribution is -2.45. The zero-order valence-corrected chi connectivity index (χ0v) is 8.65. The van der Waals surface area contributed by atoms with Crippen molar-refractivity contribution in [1.82, 2.24) is 15.0 Å². The van der Waals surface area contributed by atoms with E-state index in [0.717, 1.165) is 18.7 Å². The predicted octanol–water partition coefficient (Wildman–Crippen LogP) is 0.464. The number of piperazine rings is 1. The Hall–Kier alpha value is -0.870. The lowest BCUT2D eigenvalue weighted by Gasteiger charge is -2.32. The number of aromatic nitrogens is 1. The molecule has 4 nitrogen and oxygen atoms in total. The molecule has 78 valence electrons. The minimum atomic E-state index is 1.00. The topological polar surface area (TPSA) is 32.5 Å². The second-order valence-electron chi connectivity index (χ2n) is 3.89. The Morgan fingerprint density at radius 1 is 1.36 bits per heavy atom. The van der Waals surface area contributed by atoms with Gasteiger partial charge >= 0.3 is 0 Å². The van der Waals surface area contributed by atoms with E-state index < -0.39 is 0 Å². The molecule has 0 N–H and O–H groups in total. The number of hydrogen-bond donors (Lipinski definition) is 0. The summed E-state index contributed by atoms with van der Waals surface area (Å²) in [6.45, 7) is 5.81. The van der Waals surface area contributed by atoms with E-state index in [4.69, 9.17) is 4.52 Å². The largest absolute Gasteiger partial charge is 0.365 e. The van der Waals surface area contributed by atoms with E-state index in [0.29, 0.717) is 0 Å². The Labute approximate surface area is 84.5 Å². The van der Waals surface area contributed by atoms with Gasteiger partial charge in [0.25, 0.3) is 0 Å². The molecule has 0 unspecified atom stereocenters. The van der Waals surface area contributed by atoms with Gasteiger partial charge in [-0.2, -0.15) is 0 Å². The first-order valence-electron chi connectivity index (χ1n) is 5.15. The van der Waals surface area contributed by atoms with E-state index in [1.54, 1.807) is 6.26 Å². The molecule has 0 aliphatic carbocycles. The number of rotatable bonds is 3. The first-order chi connectivity index (χ1) is 6.84. The molecule has 0 saturated carbocycles. The molecule has 14 heavy (non-hydrogen) atoms. The molecule has 2 heterocycles. The molecule has 0 bridgehead atoms. The van der Waals surface area contributed by atoms with Crippen molar-refractivity contribution in [2.75, 3.05) is 39.8 Å². The summed E-state index contributed by atoms with van der Waals surface area (Å²) in [4.78, 5) is 4.85. The van der Waals surface area contributed by atoms with Gasteiger partial charge in [0.05, 0.1) is 5.69 Å². The van der Waals surface area contributed by atoms with Gasteiger partial charge in [0, 0.05) is 45.2 Å². The Bertz CT molecular complexity index is 252. The van der Waals surface area contributed by atoms with Crippen LogP contribution in [0.3, 0.4) is 0 Å². The molecule has 0 spiro atoms. The van der Waals surface area contributed by atoms with E-state index in [1.807, 2.05) is 6.07 Å². The molecule has 1 aromatic rings. The van der Waals surface area contributed by atoms with E-state index in [9.17, 15) is 0 Å². The van der Waals surface area contributed by atoms with E-state index in [2.05, 4.69) is 22.0 Å². The monoisotopic (exact) mass is 195 g/mol. The van der Waals surface area contributed by atoms with Crippen molar-refractivity contribution in [2.45, 2.75) is 6.42 Å². The molecule has 0 atom stereocenters. The average Bonchev–Trinajstić information content (AvgIpc) is 2.70. The number of likely N-dealkylation sites (N-methyl/N-ethyl adjacent to an activating group) is 1. The average molecular weight is 195 g/mol. The minimum absolute atomic E-state index is 1.00. The van der Waals surface area contributed by atoms with Gasteiger partial charge in [-0.25, -0.2) is 0 Å². The van der Waals surface area contributed by atoms with Crippen molar-refractivity contribution < 1.29 is 4.52 Å². The second kappa shape index (κ2) is 4.57. The van der Waals surface area contributed by atoms with E-state index in [1.165, 1.54) is 26.2 Å². The van der Waals surface area contributed by atoms with Crippen LogP contribution < -0.4 is 0 Å². The lowest BCUT2D eigenvalue weighted by atomic mass is 10.2. The fourth-order valence-electron chi connectivity index (χ4n) is 1.71. The van der Waals surface area contributed by atoms with Crippen LogP contribution in [0.25, 0.3) is 0 Å². The third kappa shape index (κ3) is 2.56. The summed E-state index contributed by atoms with van der Waals surface area (Å²) >= 11 is 0. The van der Waals surface area contributed by atoms with Crippen molar-refractivity contribution in [2.24, 2.45) is 0 Å². The Kier molecular flexibility index (Phi) is 3.16. The molecular weight excluding hydrogens is 178 g/mol. The van der Waals surface area contributed by atoms with Crippen LogP contribution in [0.4, 0.5) is 0 Å². The summed E-state index contributed by atoms with van der Waals surface area (Å²) in [6.07, 6.45) is 2.64. The maximum atomic E-state index is 4.79. The highest BCUT2D eigenvalue weighted by Crippen LogP contribution is 2.02. The highest BCUT2D eigenvalue weighted by atomic mass is 16.5. The van der Waals surface area contributed by atoms with Crippen molar-refractivity contribution in [3.05, 3.63) is 18.0 Å². The van der Waals surface area contributed by atoms with Crippen LogP contribution in [-0.2, 0) is 6.42 Å². The number of nitrogens with zero attached hydrogens (tertiary/aromatic N) is 3. The molecule has 0 radical (unpaired) electrons. The van der Waals surface area contributed by atoms with E-state index in [-0.39, 0.29) is 0 Å². The van der Waals surface area contributed by atoms with E-state index >= 15 is 0 Å². The van der Waals surface area contributed by atoms with Gasteiger partial charge in [-0.05, 0) is 7.05 Å². The summed E-state index contributed by atoms with van der Waals surface area (Å²) in [6, 6.07) is 1.94. The standard InChI is InChI=1S/C10H17N3O/c1-12-5-7-13(8-6-12)4-2-10-3-9-14-11-10/h3,9H,2,4-8H2,1H3. The Morgan fingerprint density at radius 3 is 2.79 bits per heavy atom. The van der Waals surface area contributed by atoms with Crippen LogP contribution in [0.1, 0.15) is 5.69 Å². The summed E-state index contributed by atoms with van der Waals surface area (Å²) < 4.78 is 4.79. The zero-order chi connectivity index (χ0) is 9.80. The second-order valence-corrected chi connectivity index (χ2v) is 3.89. The van der Waals surface area contributed by atoms with Gasteiger partial charge in [0.15, 0.2) is 0 Å². The zero-order valence-electron chi connectivity index (χ0n) is 8.65. The third-order valence-electron chi connectivity index (χ3n) is 2.77. The molecule has 1 aromatic heterocycles. The molecule has 1 aliphatic heterocycles. The first kappa shape index (κ1) is 9.68. The summed E-state index contributed by atoms with van der Waals surface area (Å²) in [5.41, 5.74) is 1.06. The molecule has 4 heteroatoms. The van der Waals surface area contributed by atoms with Gasteiger partial charge in [-0.1, -0.05) is 5.16 Å². The van der Waals surface area contributed by atoms with Crippen molar-refractivity contribution >= 4 is 0 Å². The molecular formula is C10H17N3O. The fraction of sp³-hybridized carbons (Fsp3) is 0.700. The smallest absolute Gasteiger partial charge is 0.124 e. The molecule has 2 rings (SSSR count). The Morgan fingerprint density at radius 2 is 2.14 bits per heavy atom. The van der Waals surface area contributed by atoms with Crippen LogP contribution in [0.5, 0.6) is 0 Å². The maximum Gasteiger partial charge on any atom is 0.124 e. The maximum absolute atomic E-state index is 4.79. The first-order valence-corrected chi connectivity index (χ1v) is 5.15. The van der Waals surface area contributed by atoms with Crippen LogP contribution in [-0.4, -0.2) is 54.7 Å². The predicted molar refractivity (Wildman–Crippen MR) is 54.1 cm³/mol. The highest BCUT2D eigenvalue weighted by molar-refractivity contribution is 4.95. The molecule has 1 saturated heterocycles. The van der Waals surface area contributed by atoms with Gasteiger partial charge in [-0.15, -0.1) is 0 Å². The highest BCUT2D eigenvalue weighted by Gasteiger charge is 2.13. The quantitative estimate of drug-likeness (QED) is 0.701. The molecule has 1 aliphatic rings. The van der Waals surface area contributed by atoms with Crippen molar-refractivity contribution in [1.29, 1.82) is 0 Å². The summed E-state index contributed by atoms with van der Waals surface area (Å²) in [5.74, 6) is 0. The van der Waals surface area contributed by atoms with Gasteiger partial charge < -0.3 is 14.3 Å². The van der Waals surface area contributed by atoms with Crippen LogP contribution >= 0.6 is 0 Å². The van der Waals surface area contributed by atoms with Gasteiger partial charge in [0.1, 0.15) is 6.26 Å². The molecule has 0 amide bonds. The Balaban J connectivity index is 1.71. The van der Waals surface area contributed by atoms with Crippen molar-refractivity contribution in [3.63, 3.8) is 0 Å². The van der Waals surface area contributed by atoms with Crippen LogP contribution in [0, 0.1) is 0 Å². The van der Waals surface area contributed by atoms with Gasteiger partial charge in [0.2, 0.25) is 0 Å². The molecule has 1 fully saturated rings. The third-order valence-corrected chi connectivity index (χ3v) is 2.77. The number of hydrogen-bond acceptors (Lipinski definition) is 4. The summed E-state index contributed by atoms with van der Waals surface area (Å²) in [7, 11) is 2.18. The van der Waals surface area contributed by atoms with Crippen LogP contribution in [0.2, 0.25) is 0 Å². The normalized spacial score (nSPS) is 20.1. The van der Waals surface area contributed by atoms with Gasteiger partial charge in [-0.3, -0.25) is 0 Å². The minimum Gasteiger partial charge on any atom is -0.365 e. The van der Waals surface area contributed by atoms with Crippen molar-refractivity contribution in [3.8, 4) is 0 Å². The SMILES string of the molecule is CN1CCN(CCc2ccon2)CC1. The fourth-order valence-corrected chi connectivity index (χ4v) is 1.71.